The average molecular weight is 241 g/mol. The molecule has 0 amide bonds. The third-order valence-corrected chi connectivity index (χ3v) is 4.94. The van der Waals surface area contributed by atoms with Gasteiger partial charge in [0.05, 0.1) is 0 Å². The van der Waals surface area contributed by atoms with Crippen molar-refractivity contribution in [3.63, 3.8) is 0 Å². The zero-order chi connectivity index (χ0) is 12.9. The van der Waals surface area contributed by atoms with Crippen LogP contribution in [0.2, 0.25) is 0 Å². The highest BCUT2D eigenvalue weighted by Crippen LogP contribution is 2.35. The van der Waals surface area contributed by atoms with Gasteiger partial charge in [-0.3, -0.25) is 0 Å². The first-order valence-corrected chi connectivity index (χ1v) is 7.31. The van der Waals surface area contributed by atoms with E-state index in [0.29, 0.717) is 18.1 Å². The van der Waals surface area contributed by atoms with E-state index in [1.54, 1.807) is 0 Å². The van der Waals surface area contributed by atoms with Crippen molar-refractivity contribution in [2.24, 2.45) is 10.8 Å². The first-order valence-electron chi connectivity index (χ1n) is 7.31. The maximum absolute atomic E-state index is 9.55. The highest BCUT2D eigenvalue weighted by Gasteiger charge is 2.29. The van der Waals surface area contributed by atoms with Gasteiger partial charge < -0.3 is 10.4 Å². The van der Waals surface area contributed by atoms with Crippen LogP contribution < -0.4 is 5.32 Å². The first-order chi connectivity index (χ1) is 7.97. The zero-order valence-corrected chi connectivity index (χ0v) is 12.2. The number of nitrogens with one attached hydrogen (secondary N) is 1. The van der Waals surface area contributed by atoms with Crippen LogP contribution >= 0.6 is 0 Å². The minimum absolute atomic E-state index is 0.104. The van der Waals surface area contributed by atoms with Crippen LogP contribution in [0.4, 0.5) is 0 Å². The Bertz CT molecular complexity index is 203. The van der Waals surface area contributed by atoms with Crippen molar-refractivity contribution in [1.29, 1.82) is 0 Å². The predicted molar refractivity (Wildman–Crippen MR) is 74.1 cm³/mol. The molecule has 0 aromatic carbocycles. The van der Waals surface area contributed by atoms with Crippen molar-refractivity contribution in [2.45, 2.75) is 72.3 Å². The van der Waals surface area contributed by atoms with Crippen molar-refractivity contribution in [3.8, 4) is 0 Å². The van der Waals surface area contributed by atoms with Gasteiger partial charge in [-0.2, -0.15) is 0 Å². The van der Waals surface area contributed by atoms with Crippen molar-refractivity contribution in [1.82, 2.24) is 5.32 Å². The molecule has 17 heavy (non-hydrogen) atoms. The van der Waals surface area contributed by atoms with E-state index in [1.807, 2.05) is 0 Å². The monoisotopic (exact) mass is 241 g/mol. The molecule has 102 valence electrons. The fraction of sp³-hybridized carbons (Fsp3) is 1.00. The summed E-state index contributed by atoms with van der Waals surface area (Å²) in [6.45, 7) is 10.4. The maximum Gasteiger partial charge on any atom is 0.0499 e. The second kappa shape index (κ2) is 6.19. The standard InChI is InChI=1S/C15H31NO/c1-5-15(6-2,12-17)11-16-13-7-9-14(3,4)10-8-13/h13,16-17H,5-12H2,1-4H3. The van der Waals surface area contributed by atoms with E-state index in [1.165, 1.54) is 25.7 Å². The Balaban J connectivity index is 2.36. The van der Waals surface area contributed by atoms with Crippen LogP contribution in [0, 0.1) is 10.8 Å². The Labute approximate surface area is 107 Å². The second-order valence-electron chi connectivity index (χ2n) is 6.68. The van der Waals surface area contributed by atoms with E-state index >= 15 is 0 Å². The molecule has 0 radical (unpaired) electrons. The maximum atomic E-state index is 9.55. The van der Waals surface area contributed by atoms with Crippen LogP contribution in [0.1, 0.15) is 66.2 Å². The van der Waals surface area contributed by atoms with Crippen molar-refractivity contribution in [3.05, 3.63) is 0 Å². The van der Waals surface area contributed by atoms with Crippen LogP contribution in [0.25, 0.3) is 0 Å². The summed E-state index contributed by atoms with van der Waals surface area (Å²) in [5.74, 6) is 0. The number of hydrogen-bond donors (Lipinski definition) is 2. The molecule has 2 N–H and O–H groups in total. The van der Waals surface area contributed by atoms with Gasteiger partial charge in [-0.1, -0.05) is 27.7 Å². The van der Waals surface area contributed by atoms with Gasteiger partial charge in [0.25, 0.3) is 0 Å². The van der Waals surface area contributed by atoms with Crippen LogP contribution in [-0.2, 0) is 0 Å². The summed E-state index contributed by atoms with van der Waals surface area (Å²) in [7, 11) is 0. The van der Waals surface area contributed by atoms with Crippen molar-refractivity contribution < 1.29 is 5.11 Å². The number of hydrogen-bond acceptors (Lipinski definition) is 2. The van der Waals surface area contributed by atoms with E-state index in [9.17, 15) is 5.11 Å². The van der Waals surface area contributed by atoms with Gasteiger partial charge >= 0.3 is 0 Å². The summed E-state index contributed by atoms with van der Waals surface area (Å²) in [5, 5.41) is 13.2. The lowest BCUT2D eigenvalue weighted by atomic mass is 9.75. The van der Waals surface area contributed by atoms with Gasteiger partial charge in [-0.05, 0) is 43.9 Å². The molecule has 1 rings (SSSR count). The van der Waals surface area contributed by atoms with Gasteiger partial charge in [0.1, 0.15) is 0 Å². The molecule has 2 nitrogen and oxygen atoms in total. The molecule has 0 aliphatic heterocycles. The molecule has 1 fully saturated rings. The van der Waals surface area contributed by atoms with Gasteiger partial charge in [0, 0.05) is 24.6 Å². The molecular weight excluding hydrogens is 210 g/mol. The zero-order valence-electron chi connectivity index (χ0n) is 12.2. The van der Waals surface area contributed by atoms with E-state index in [4.69, 9.17) is 0 Å². The predicted octanol–water partition coefficient (Wildman–Crippen LogP) is 3.34. The molecule has 1 aliphatic carbocycles. The number of aliphatic hydroxyl groups is 1. The molecule has 0 atom stereocenters. The fourth-order valence-electron chi connectivity index (χ4n) is 2.74. The first kappa shape index (κ1) is 15.0. The third kappa shape index (κ3) is 4.26. The summed E-state index contributed by atoms with van der Waals surface area (Å²) in [6.07, 6.45) is 7.37. The van der Waals surface area contributed by atoms with E-state index in [2.05, 4.69) is 33.0 Å². The molecule has 0 saturated heterocycles. The summed E-state index contributed by atoms with van der Waals surface area (Å²) in [6, 6.07) is 0.673. The van der Waals surface area contributed by atoms with Crippen molar-refractivity contribution in [2.75, 3.05) is 13.2 Å². The lowest BCUT2D eigenvalue weighted by Crippen LogP contribution is -2.43. The summed E-state index contributed by atoms with van der Waals surface area (Å²) in [5.41, 5.74) is 0.648. The van der Waals surface area contributed by atoms with E-state index in [0.717, 1.165) is 19.4 Å². The lowest BCUT2D eigenvalue weighted by Gasteiger charge is -2.37. The minimum Gasteiger partial charge on any atom is -0.396 e. The number of rotatable bonds is 6. The smallest absolute Gasteiger partial charge is 0.0499 e. The topological polar surface area (TPSA) is 32.3 Å². The van der Waals surface area contributed by atoms with Gasteiger partial charge in [0.2, 0.25) is 0 Å². The molecule has 0 aromatic rings. The molecular formula is C15H31NO. The minimum atomic E-state index is 0.104. The molecule has 0 spiro atoms. The van der Waals surface area contributed by atoms with Crippen molar-refractivity contribution >= 4 is 0 Å². The Morgan fingerprint density at radius 3 is 2.12 bits per heavy atom. The summed E-state index contributed by atoms with van der Waals surface area (Å²) >= 11 is 0. The van der Waals surface area contributed by atoms with Crippen LogP contribution in [0.15, 0.2) is 0 Å². The van der Waals surface area contributed by atoms with E-state index < -0.39 is 0 Å². The molecule has 0 bridgehead atoms. The van der Waals surface area contributed by atoms with Gasteiger partial charge in [-0.25, -0.2) is 0 Å². The molecule has 1 aliphatic rings. The van der Waals surface area contributed by atoms with E-state index in [-0.39, 0.29) is 5.41 Å². The Morgan fingerprint density at radius 2 is 1.71 bits per heavy atom. The Kier molecular flexibility index (Phi) is 5.46. The largest absolute Gasteiger partial charge is 0.396 e. The SMILES string of the molecule is CCC(CC)(CO)CNC1CCC(C)(C)CC1. The van der Waals surface area contributed by atoms with Gasteiger partial charge in [0.15, 0.2) is 0 Å². The fourth-order valence-corrected chi connectivity index (χ4v) is 2.74. The summed E-state index contributed by atoms with van der Waals surface area (Å²) < 4.78 is 0. The van der Waals surface area contributed by atoms with Crippen LogP contribution in [0.3, 0.4) is 0 Å². The van der Waals surface area contributed by atoms with Crippen LogP contribution in [-0.4, -0.2) is 24.3 Å². The normalized spacial score (nSPS) is 21.7. The number of aliphatic hydroxyl groups excluding tert-OH is 1. The molecule has 0 unspecified atom stereocenters. The highest BCUT2D eigenvalue weighted by atomic mass is 16.3. The third-order valence-electron chi connectivity index (χ3n) is 4.94. The molecule has 1 saturated carbocycles. The van der Waals surface area contributed by atoms with Gasteiger partial charge in [-0.15, -0.1) is 0 Å². The Hall–Kier alpha value is -0.0800. The lowest BCUT2D eigenvalue weighted by molar-refractivity contribution is 0.103. The average Bonchev–Trinajstić information content (AvgIpc) is 2.33. The van der Waals surface area contributed by atoms with Crippen LogP contribution in [0.5, 0.6) is 0 Å². The highest BCUT2D eigenvalue weighted by molar-refractivity contribution is 4.85. The second-order valence-corrected chi connectivity index (χ2v) is 6.68. The quantitative estimate of drug-likeness (QED) is 0.747. The summed E-state index contributed by atoms with van der Waals surface area (Å²) in [4.78, 5) is 0. The Morgan fingerprint density at radius 1 is 1.18 bits per heavy atom. The molecule has 0 heterocycles. The molecule has 2 heteroatoms. The molecule has 0 aromatic heterocycles.